The Morgan fingerprint density at radius 1 is 0.962 bits per heavy atom. The maximum atomic E-state index is 12.8. The topological polar surface area (TPSA) is 84.2 Å². The van der Waals surface area contributed by atoms with Gasteiger partial charge in [-0.3, -0.25) is 9.59 Å². The summed E-state index contributed by atoms with van der Waals surface area (Å²) in [5, 5.41) is 13.0. The molecule has 1 aromatic carbocycles. The first-order valence-electron chi connectivity index (χ1n) is 8.18. The van der Waals surface area contributed by atoms with Crippen molar-refractivity contribution >= 4 is 23.2 Å². The van der Waals surface area contributed by atoms with Gasteiger partial charge in [0, 0.05) is 31.7 Å². The summed E-state index contributed by atoms with van der Waals surface area (Å²) in [5.74, 6) is -0.0177. The molecule has 1 saturated heterocycles. The Morgan fingerprint density at radius 2 is 1.73 bits per heavy atom. The molecule has 3 heterocycles. The zero-order chi connectivity index (χ0) is 17.9. The van der Waals surface area contributed by atoms with Crippen molar-refractivity contribution in [1.29, 1.82) is 0 Å². The molecule has 0 bridgehead atoms. The Hall–Kier alpha value is -3.07. The van der Waals surface area contributed by atoms with Crippen molar-refractivity contribution in [2.24, 2.45) is 0 Å². The molecule has 3 aromatic rings. The van der Waals surface area contributed by atoms with E-state index < -0.39 is 0 Å². The van der Waals surface area contributed by atoms with Crippen LogP contribution < -0.4 is 0 Å². The van der Waals surface area contributed by atoms with Gasteiger partial charge in [0.1, 0.15) is 6.33 Å². The van der Waals surface area contributed by atoms with Gasteiger partial charge in [0.25, 0.3) is 11.8 Å². The van der Waals surface area contributed by atoms with Crippen molar-refractivity contribution in [2.75, 3.05) is 26.2 Å². The summed E-state index contributed by atoms with van der Waals surface area (Å²) < 4.78 is 1.51. The highest BCUT2D eigenvalue weighted by Crippen LogP contribution is 2.16. The fraction of sp³-hybridized carbons (Fsp3) is 0.235. The normalized spacial score (nSPS) is 14.5. The van der Waals surface area contributed by atoms with Crippen LogP contribution in [0.2, 0.25) is 0 Å². The molecule has 0 aliphatic carbocycles. The van der Waals surface area contributed by atoms with Crippen LogP contribution in [0.25, 0.3) is 5.69 Å². The molecule has 2 amide bonds. The van der Waals surface area contributed by atoms with E-state index >= 15 is 0 Å². The van der Waals surface area contributed by atoms with Crippen LogP contribution in [0.3, 0.4) is 0 Å². The van der Waals surface area contributed by atoms with E-state index in [0.717, 1.165) is 10.6 Å². The lowest BCUT2D eigenvalue weighted by Crippen LogP contribution is -2.50. The number of piperazine rings is 1. The number of carbonyl (C=O) groups is 2. The third-order valence-electron chi connectivity index (χ3n) is 4.29. The van der Waals surface area contributed by atoms with E-state index in [-0.39, 0.29) is 11.8 Å². The van der Waals surface area contributed by atoms with Gasteiger partial charge in [-0.05, 0) is 40.1 Å². The maximum Gasteiger partial charge on any atom is 0.264 e. The largest absolute Gasteiger partial charge is 0.335 e. The molecule has 1 fully saturated rings. The van der Waals surface area contributed by atoms with Gasteiger partial charge in [0.15, 0.2) is 0 Å². The number of hydrogen-bond acceptors (Lipinski definition) is 6. The molecule has 0 saturated carbocycles. The minimum Gasteiger partial charge on any atom is -0.335 e. The van der Waals surface area contributed by atoms with Gasteiger partial charge in [0.2, 0.25) is 0 Å². The van der Waals surface area contributed by atoms with Gasteiger partial charge >= 0.3 is 0 Å². The smallest absolute Gasteiger partial charge is 0.264 e. The first-order valence-corrected chi connectivity index (χ1v) is 9.06. The van der Waals surface area contributed by atoms with Crippen molar-refractivity contribution in [1.82, 2.24) is 30.0 Å². The van der Waals surface area contributed by atoms with Crippen LogP contribution in [0.15, 0.2) is 48.1 Å². The van der Waals surface area contributed by atoms with E-state index in [9.17, 15) is 9.59 Å². The van der Waals surface area contributed by atoms with E-state index in [1.807, 2.05) is 23.6 Å². The number of rotatable bonds is 3. The summed E-state index contributed by atoms with van der Waals surface area (Å²) in [5.41, 5.74) is 1.31. The second-order valence-electron chi connectivity index (χ2n) is 5.87. The first kappa shape index (κ1) is 16.4. The summed E-state index contributed by atoms with van der Waals surface area (Å²) in [6.45, 7) is 2.11. The van der Waals surface area contributed by atoms with E-state index in [1.54, 1.807) is 28.0 Å². The number of hydrogen-bond donors (Lipinski definition) is 0. The summed E-state index contributed by atoms with van der Waals surface area (Å²) in [6, 6.07) is 10.9. The highest BCUT2D eigenvalue weighted by atomic mass is 32.1. The lowest BCUT2D eigenvalue weighted by molar-refractivity contribution is 0.0538. The molecule has 132 valence electrons. The Kier molecular flexibility index (Phi) is 4.44. The predicted octanol–water partition coefficient (Wildman–Crippen LogP) is 1.32. The summed E-state index contributed by atoms with van der Waals surface area (Å²) >= 11 is 1.44. The summed E-state index contributed by atoms with van der Waals surface area (Å²) in [6.07, 6.45) is 1.48. The molecule has 9 heteroatoms. The van der Waals surface area contributed by atoms with Gasteiger partial charge in [-0.2, -0.15) is 0 Å². The molecule has 0 radical (unpaired) electrons. The Bertz CT molecular complexity index is 901. The Labute approximate surface area is 153 Å². The van der Waals surface area contributed by atoms with Gasteiger partial charge in [-0.15, -0.1) is 16.4 Å². The standard InChI is InChI=1S/C17H16N6O2S/c24-16(13-3-1-4-14(11-13)23-12-18-19-20-23)21-6-8-22(9-7-21)17(25)15-5-2-10-26-15/h1-5,10-12H,6-9H2. The number of amides is 2. The number of nitrogens with zero attached hydrogens (tertiary/aromatic N) is 6. The van der Waals surface area contributed by atoms with E-state index in [1.165, 1.54) is 22.3 Å². The van der Waals surface area contributed by atoms with Gasteiger partial charge in [-0.1, -0.05) is 12.1 Å². The number of aromatic nitrogens is 4. The number of tetrazole rings is 1. The number of thiophene rings is 1. The molecule has 26 heavy (non-hydrogen) atoms. The predicted molar refractivity (Wildman–Crippen MR) is 95.3 cm³/mol. The van der Waals surface area contributed by atoms with Crippen LogP contribution in [-0.4, -0.2) is 68.0 Å². The second kappa shape index (κ2) is 7.04. The molecule has 0 spiro atoms. The van der Waals surface area contributed by atoms with Crippen molar-refractivity contribution in [3.05, 3.63) is 58.5 Å². The monoisotopic (exact) mass is 368 g/mol. The molecule has 1 aliphatic heterocycles. The summed E-state index contributed by atoms with van der Waals surface area (Å²) in [7, 11) is 0. The molecule has 0 atom stereocenters. The molecular formula is C17H16N6O2S. The fourth-order valence-electron chi connectivity index (χ4n) is 2.91. The van der Waals surface area contributed by atoms with Crippen LogP contribution in [0.1, 0.15) is 20.0 Å². The lowest BCUT2D eigenvalue weighted by atomic mass is 10.1. The van der Waals surface area contributed by atoms with Gasteiger partial charge in [-0.25, -0.2) is 4.68 Å². The molecule has 4 rings (SSSR count). The minimum atomic E-state index is -0.0526. The zero-order valence-electron chi connectivity index (χ0n) is 13.9. The average Bonchev–Trinajstić information content (AvgIpc) is 3.41. The Morgan fingerprint density at radius 3 is 2.38 bits per heavy atom. The molecule has 8 nitrogen and oxygen atoms in total. The SMILES string of the molecule is O=C(c1cccc(-n2cnnn2)c1)N1CCN(C(=O)c2cccs2)CC1. The van der Waals surface area contributed by atoms with E-state index in [4.69, 9.17) is 0 Å². The van der Waals surface area contributed by atoms with E-state index in [2.05, 4.69) is 15.5 Å². The van der Waals surface area contributed by atoms with Gasteiger partial charge in [0.05, 0.1) is 10.6 Å². The van der Waals surface area contributed by atoms with Crippen LogP contribution >= 0.6 is 11.3 Å². The first-order chi connectivity index (χ1) is 12.7. The highest BCUT2D eigenvalue weighted by Gasteiger charge is 2.26. The van der Waals surface area contributed by atoms with Crippen molar-refractivity contribution < 1.29 is 9.59 Å². The van der Waals surface area contributed by atoms with Crippen LogP contribution in [0.4, 0.5) is 0 Å². The minimum absolute atomic E-state index is 0.0350. The van der Waals surface area contributed by atoms with Crippen molar-refractivity contribution in [2.45, 2.75) is 0 Å². The van der Waals surface area contributed by atoms with Crippen LogP contribution in [-0.2, 0) is 0 Å². The van der Waals surface area contributed by atoms with E-state index in [0.29, 0.717) is 31.7 Å². The molecule has 0 N–H and O–H groups in total. The third-order valence-corrected chi connectivity index (χ3v) is 5.15. The highest BCUT2D eigenvalue weighted by molar-refractivity contribution is 7.12. The lowest BCUT2D eigenvalue weighted by Gasteiger charge is -2.34. The molecule has 1 aliphatic rings. The molecule has 0 unspecified atom stereocenters. The molecule has 2 aromatic heterocycles. The van der Waals surface area contributed by atoms with Crippen LogP contribution in [0.5, 0.6) is 0 Å². The quantitative estimate of drug-likeness (QED) is 0.696. The Balaban J connectivity index is 1.42. The summed E-state index contributed by atoms with van der Waals surface area (Å²) in [4.78, 5) is 29.5. The second-order valence-corrected chi connectivity index (χ2v) is 6.81. The number of carbonyl (C=O) groups excluding carboxylic acids is 2. The molecular weight excluding hydrogens is 352 g/mol. The van der Waals surface area contributed by atoms with Crippen molar-refractivity contribution in [3.63, 3.8) is 0 Å². The van der Waals surface area contributed by atoms with Crippen molar-refractivity contribution in [3.8, 4) is 5.69 Å². The zero-order valence-corrected chi connectivity index (χ0v) is 14.7. The number of benzene rings is 1. The third kappa shape index (κ3) is 3.21. The van der Waals surface area contributed by atoms with Crippen LogP contribution in [0, 0.1) is 0 Å². The average molecular weight is 368 g/mol. The maximum absolute atomic E-state index is 12.8. The fourth-order valence-corrected chi connectivity index (χ4v) is 3.60. The van der Waals surface area contributed by atoms with Gasteiger partial charge < -0.3 is 9.80 Å².